The van der Waals surface area contributed by atoms with Crippen molar-refractivity contribution >= 4 is 5.96 Å². The Morgan fingerprint density at radius 3 is 2.76 bits per heavy atom. The first-order chi connectivity index (χ1) is 14.2. The van der Waals surface area contributed by atoms with Crippen molar-refractivity contribution in [2.75, 3.05) is 33.8 Å². The fourth-order valence-corrected chi connectivity index (χ4v) is 3.71. The Bertz CT molecular complexity index is 770. The second kappa shape index (κ2) is 10.9. The molecule has 0 saturated carbocycles. The lowest BCUT2D eigenvalue weighted by atomic mass is 10.0. The van der Waals surface area contributed by atoms with Gasteiger partial charge in [0.15, 0.2) is 5.96 Å². The normalized spacial score (nSPS) is 17.9. The number of methoxy groups -OCH3 is 1. The van der Waals surface area contributed by atoms with Crippen LogP contribution in [0.4, 0.5) is 0 Å². The molecule has 7 nitrogen and oxygen atoms in total. The summed E-state index contributed by atoms with van der Waals surface area (Å²) in [7, 11) is 3.47. The number of nitrogens with zero attached hydrogens (tertiary/aromatic N) is 4. The first-order valence-corrected chi connectivity index (χ1v) is 10.6. The van der Waals surface area contributed by atoms with Gasteiger partial charge in [0.2, 0.25) is 0 Å². The average Bonchev–Trinajstić information content (AvgIpc) is 3.23. The van der Waals surface area contributed by atoms with Gasteiger partial charge >= 0.3 is 0 Å². The molecule has 1 saturated heterocycles. The van der Waals surface area contributed by atoms with Gasteiger partial charge in [-0.3, -0.25) is 4.99 Å². The molecule has 29 heavy (non-hydrogen) atoms. The molecule has 1 aliphatic heterocycles. The summed E-state index contributed by atoms with van der Waals surface area (Å²) in [5, 5.41) is 11.4. The van der Waals surface area contributed by atoms with Crippen LogP contribution in [0, 0.1) is 0 Å². The van der Waals surface area contributed by atoms with Crippen LogP contribution in [-0.4, -0.2) is 60.5 Å². The number of aromatic nitrogens is 2. The molecule has 2 heterocycles. The Labute approximate surface area is 174 Å². The number of benzene rings is 1. The molecule has 1 aliphatic rings. The minimum absolute atomic E-state index is 0.631. The zero-order valence-corrected chi connectivity index (χ0v) is 17.9. The lowest BCUT2D eigenvalue weighted by Crippen LogP contribution is -2.41. The highest BCUT2D eigenvalue weighted by Crippen LogP contribution is 2.16. The Balaban J connectivity index is 1.40. The van der Waals surface area contributed by atoms with Gasteiger partial charge < -0.3 is 20.3 Å². The number of rotatable bonds is 8. The summed E-state index contributed by atoms with van der Waals surface area (Å²) >= 11 is 0. The van der Waals surface area contributed by atoms with Gasteiger partial charge in [-0.05, 0) is 63.1 Å². The Morgan fingerprint density at radius 2 is 2.03 bits per heavy atom. The van der Waals surface area contributed by atoms with Crippen molar-refractivity contribution in [3.8, 4) is 11.4 Å². The number of likely N-dealkylation sites (tertiary alicyclic amines) is 1. The van der Waals surface area contributed by atoms with Gasteiger partial charge in [-0.15, -0.1) is 0 Å². The predicted octanol–water partition coefficient (Wildman–Crippen LogP) is 2.81. The van der Waals surface area contributed by atoms with Crippen LogP contribution in [0.15, 0.2) is 41.5 Å². The van der Waals surface area contributed by atoms with Crippen LogP contribution < -0.4 is 15.4 Å². The van der Waals surface area contributed by atoms with E-state index in [0.29, 0.717) is 6.54 Å². The molecule has 2 N–H and O–H groups in total. The van der Waals surface area contributed by atoms with Crippen molar-refractivity contribution in [1.29, 1.82) is 0 Å². The average molecular weight is 399 g/mol. The Hall–Kier alpha value is -2.54. The number of ether oxygens (including phenoxy) is 1. The van der Waals surface area contributed by atoms with E-state index in [1.165, 1.54) is 25.8 Å². The molecule has 0 bridgehead atoms. The van der Waals surface area contributed by atoms with Gasteiger partial charge in [-0.25, -0.2) is 4.68 Å². The summed E-state index contributed by atoms with van der Waals surface area (Å²) in [6.45, 7) is 6.29. The smallest absolute Gasteiger partial charge is 0.191 e. The number of guanidine groups is 1. The van der Waals surface area contributed by atoms with Gasteiger partial charge in [-0.2, -0.15) is 5.10 Å². The highest BCUT2D eigenvalue weighted by Gasteiger charge is 2.17. The largest absolute Gasteiger partial charge is 0.497 e. The van der Waals surface area contributed by atoms with E-state index in [1.807, 2.05) is 41.2 Å². The molecule has 1 unspecified atom stereocenters. The zero-order chi connectivity index (χ0) is 20.5. The van der Waals surface area contributed by atoms with Crippen molar-refractivity contribution in [1.82, 2.24) is 25.3 Å². The summed E-state index contributed by atoms with van der Waals surface area (Å²) < 4.78 is 7.07. The molecular weight excluding hydrogens is 364 g/mol. The third-order valence-corrected chi connectivity index (χ3v) is 5.50. The van der Waals surface area contributed by atoms with E-state index in [2.05, 4.69) is 32.5 Å². The highest BCUT2D eigenvalue weighted by atomic mass is 16.5. The van der Waals surface area contributed by atoms with E-state index in [1.54, 1.807) is 14.2 Å². The molecule has 0 radical (unpaired) electrons. The molecule has 0 aliphatic carbocycles. The van der Waals surface area contributed by atoms with E-state index >= 15 is 0 Å². The summed E-state index contributed by atoms with van der Waals surface area (Å²) in [6, 6.07) is 10.6. The number of hydrogen-bond donors (Lipinski definition) is 2. The third-order valence-electron chi connectivity index (χ3n) is 5.50. The first kappa shape index (κ1) is 21.2. The topological polar surface area (TPSA) is 66.7 Å². The maximum Gasteiger partial charge on any atom is 0.191 e. The molecule has 1 aromatic carbocycles. The van der Waals surface area contributed by atoms with Gasteiger partial charge in [-0.1, -0.05) is 6.42 Å². The minimum atomic E-state index is 0.631. The van der Waals surface area contributed by atoms with Crippen molar-refractivity contribution < 1.29 is 4.74 Å². The van der Waals surface area contributed by atoms with Gasteiger partial charge in [0.05, 0.1) is 25.0 Å². The Morgan fingerprint density at radius 1 is 1.21 bits per heavy atom. The zero-order valence-electron chi connectivity index (χ0n) is 17.9. The fraction of sp³-hybridized carbons (Fsp3) is 0.545. The van der Waals surface area contributed by atoms with E-state index in [4.69, 9.17) is 4.74 Å². The fourth-order valence-electron chi connectivity index (χ4n) is 3.71. The molecule has 7 heteroatoms. The lowest BCUT2D eigenvalue weighted by Gasteiger charge is -2.33. The molecule has 1 aromatic heterocycles. The van der Waals surface area contributed by atoms with Crippen LogP contribution in [0.3, 0.4) is 0 Å². The summed E-state index contributed by atoms with van der Waals surface area (Å²) in [5.74, 6) is 1.66. The van der Waals surface area contributed by atoms with E-state index in [0.717, 1.165) is 48.6 Å². The van der Waals surface area contributed by atoms with E-state index < -0.39 is 0 Å². The monoisotopic (exact) mass is 398 g/mol. The summed E-state index contributed by atoms with van der Waals surface area (Å²) in [4.78, 5) is 6.92. The molecule has 1 fully saturated rings. The third kappa shape index (κ3) is 6.22. The van der Waals surface area contributed by atoms with E-state index in [-0.39, 0.29) is 0 Å². The van der Waals surface area contributed by atoms with Gasteiger partial charge in [0.1, 0.15) is 5.75 Å². The van der Waals surface area contributed by atoms with Crippen molar-refractivity contribution in [3.05, 3.63) is 42.2 Å². The molecular formula is C22H34N6O. The number of nitrogens with one attached hydrogen (secondary N) is 2. The number of piperidine rings is 1. The highest BCUT2D eigenvalue weighted by molar-refractivity contribution is 5.79. The predicted molar refractivity (Wildman–Crippen MR) is 118 cm³/mol. The second-order valence-electron chi connectivity index (χ2n) is 7.54. The number of aliphatic imine (C=N–C) groups is 1. The maximum atomic E-state index is 5.20. The molecule has 2 aromatic rings. The second-order valence-corrected chi connectivity index (χ2v) is 7.54. The maximum absolute atomic E-state index is 5.20. The number of hydrogen-bond acceptors (Lipinski definition) is 4. The van der Waals surface area contributed by atoms with Gasteiger partial charge in [0.25, 0.3) is 0 Å². The lowest BCUT2D eigenvalue weighted by molar-refractivity contribution is 0.159. The molecule has 0 spiro atoms. The van der Waals surface area contributed by atoms with Crippen molar-refractivity contribution in [2.45, 2.75) is 45.2 Å². The van der Waals surface area contributed by atoms with Crippen molar-refractivity contribution in [3.63, 3.8) is 0 Å². The van der Waals surface area contributed by atoms with Crippen LogP contribution >= 0.6 is 0 Å². The molecule has 158 valence electrons. The SMILES string of the molecule is CN=C(NCCCN1CCCCC1C)NCc1ccn(-c2ccc(OC)cc2)n1. The molecule has 3 rings (SSSR count). The van der Waals surface area contributed by atoms with Crippen LogP contribution in [0.1, 0.15) is 38.3 Å². The summed E-state index contributed by atoms with van der Waals surface area (Å²) in [5.41, 5.74) is 1.97. The first-order valence-electron chi connectivity index (χ1n) is 10.6. The van der Waals surface area contributed by atoms with Crippen LogP contribution in [0.25, 0.3) is 5.69 Å². The molecule has 0 amide bonds. The summed E-state index contributed by atoms with van der Waals surface area (Å²) in [6.07, 6.45) is 7.14. The van der Waals surface area contributed by atoms with Gasteiger partial charge in [0, 0.05) is 32.4 Å². The van der Waals surface area contributed by atoms with Crippen LogP contribution in [0.2, 0.25) is 0 Å². The minimum Gasteiger partial charge on any atom is -0.497 e. The Kier molecular flexibility index (Phi) is 7.93. The van der Waals surface area contributed by atoms with Crippen molar-refractivity contribution in [2.24, 2.45) is 4.99 Å². The standard InChI is InChI=1S/C22H34N6O/c1-18-7-4-5-14-27(18)15-6-13-24-22(23-2)25-17-19-12-16-28(26-19)20-8-10-21(29-3)11-9-20/h8-12,16,18H,4-7,13-15,17H2,1-3H3,(H2,23,24,25). The van der Waals surface area contributed by atoms with E-state index in [9.17, 15) is 0 Å². The quantitative estimate of drug-likeness (QED) is 0.407. The van der Waals surface area contributed by atoms with Crippen LogP contribution in [0.5, 0.6) is 5.75 Å². The van der Waals surface area contributed by atoms with Crippen LogP contribution in [-0.2, 0) is 6.54 Å². The molecule has 1 atom stereocenters.